The molecule has 0 amide bonds. The standard InChI is InChI=1S/C19H16N2O3/c1-12-6-7-15(10-13(12)2)24-19(22)17-14(3)23-18(16(17)11-20)21-8-4-5-9-21/h4-10H,1-3H3. The first-order chi connectivity index (χ1) is 11.5. The third kappa shape index (κ3) is 2.70. The van der Waals surface area contributed by atoms with E-state index in [0.717, 1.165) is 11.1 Å². The van der Waals surface area contributed by atoms with Crippen molar-refractivity contribution in [3.8, 4) is 17.7 Å². The monoisotopic (exact) mass is 320 g/mol. The lowest BCUT2D eigenvalue weighted by Gasteiger charge is -2.06. The first kappa shape index (κ1) is 15.6. The molecule has 24 heavy (non-hydrogen) atoms. The molecule has 3 aromatic rings. The summed E-state index contributed by atoms with van der Waals surface area (Å²) in [6, 6.07) is 11.1. The van der Waals surface area contributed by atoms with E-state index < -0.39 is 5.97 Å². The summed E-state index contributed by atoms with van der Waals surface area (Å²) in [6.07, 6.45) is 3.50. The Hall–Kier alpha value is -3.26. The largest absolute Gasteiger partial charge is 0.443 e. The number of esters is 1. The maximum atomic E-state index is 12.6. The van der Waals surface area contributed by atoms with Crippen LogP contribution in [0.4, 0.5) is 0 Å². The van der Waals surface area contributed by atoms with Gasteiger partial charge in [0.15, 0.2) is 0 Å². The Morgan fingerprint density at radius 3 is 2.50 bits per heavy atom. The summed E-state index contributed by atoms with van der Waals surface area (Å²) >= 11 is 0. The average molecular weight is 320 g/mol. The van der Waals surface area contributed by atoms with Crippen LogP contribution < -0.4 is 4.74 Å². The molecule has 0 atom stereocenters. The highest BCUT2D eigenvalue weighted by molar-refractivity contribution is 5.95. The van der Waals surface area contributed by atoms with Crippen molar-refractivity contribution in [1.82, 2.24) is 4.57 Å². The zero-order valence-corrected chi connectivity index (χ0v) is 13.7. The fourth-order valence-electron chi connectivity index (χ4n) is 2.47. The Balaban J connectivity index is 1.98. The van der Waals surface area contributed by atoms with Gasteiger partial charge in [-0.05, 0) is 56.2 Å². The Labute approximate surface area is 139 Å². The van der Waals surface area contributed by atoms with Gasteiger partial charge in [0, 0.05) is 12.4 Å². The van der Waals surface area contributed by atoms with Crippen molar-refractivity contribution >= 4 is 5.97 Å². The molecule has 5 nitrogen and oxygen atoms in total. The van der Waals surface area contributed by atoms with Crippen molar-refractivity contribution in [2.45, 2.75) is 20.8 Å². The Morgan fingerprint density at radius 1 is 1.17 bits per heavy atom. The van der Waals surface area contributed by atoms with E-state index in [4.69, 9.17) is 9.15 Å². The predicted octanol–water partition coefficient (Wildman–Crippen LogP) is 4.09. The normalized spacial score (nSPS) is 10.4. The molecule has 0 fully saturated rings. The highest BCUT2D eigenvalue weighted by Gasteiger charge is 2.26. The van der Waals surface area contributed by atoms with E-state index in [2.05, 4.69) is 0 Å². The van der Waals surface area contributed by atoms with Gasteiger partial charge in [-0.1, -0.05) is 6.07 Å². The van der Waals surface area contributed by atoms with E-state index in [9.17, 15) is 10.1 Å². The molecule has 0 aliphatic carbocycles. The number of furan rings is 1. The minimum absolute atomic E-state index is 0.152. The summed E-state index contributed by atoms with van der Waals surface area (Å²) in [5.41, 5.74) is 2.46. The summed E-state index contributed by atoms with van der Waals surface area (Å²) in [7, 11) is 0. The second-order valence-electron chi connectivity index (χ2n) is 5.55. The van der Waals surface area contributed by atoms with E-state index >= 15 is 0 Å². The SMILES string of the molecule is Cc1ccc(OC(=O)c2c(C)oc(-n3cccc3)c2C#N)cc1C. The topological polar surface area (TPSA) is 68.2 Å². The fourth-order valence-corrected chi connectivity index (χ4v) is 2.47. The van der Waals surface area contributed by atoms with E-state index in [1.54, 1.807) is 36.0 Å². The highest BCUT2D eigenvalue weighted by Crippen LogP contribution is 2.27. The van der Waals surface area contributed by atoms with Gasteiger partial charge in [0.1, 0.15) is 28.7 Å². The fraction of sp³-hybridized carbons (Fsp3) is 0.158. The third-order valence-corrected chi connectivity index (χ3v) is 3.91. The van der Waals surface area contributed by atoms with Crippen LogP contribution in [0.1, 0.15) is 32.8 Å². The number of carbonyl (C=O) groups excluding carboxylic acids is 1. The van der Waals surface area contributed by atoms with Gasteiger partial charge >= 0.3 is 5.97 Å². The summed E-state index contributed by atoms with van der Waals surface area (Å²) < 4.78 is 12.7. The number of hydrogen-bond donors (Lipinski definition) is 0. The minimum Gasteiger partial charge on any atom is -0.443 e. The van der Waals surface area contributed by atoms with Crippen molar-refractivity contribution in [1.29, 1.82) is 5.26 Å². The number of hydrogen-bond acceptors (Lipinski definition) is 4. The van der Waals surface area contributed by atoms with Crippen molar-refractivity contribution in [2.75, 3.05) is 0 Å². The van der Waals surface area contributed by atoms with E-state index in [-0.39, 0.29) is 11.1 Å². The van der Waals surface area contributed by atoms with Crippen LogP contribution in [-0.2, 0) is 0 Å². The molecule has 0 N–H and O–H groups in total. The average Bonchev–Trinajstić information content (AvgIpc) is 3.17. The maximum Gasteiger partial charge on any atom is 0.348 e. The van der Waals surface area contributed by atoms with Gasteiger partial charge in [-0.15, -0.1) is 0 Å². The Morgan fingerprint density at radius 2 is 1.88 bits per heavy atom. The number of nitriles is 1. The summed E-state index contributed by atoms with van der Waals surface area (Å²) in [4.78, 5) is 12.6. The second kappa shape index (κ2) is 6.09. The quantitative estimate of drug-likeness (QED) is 0.538. The molecular weight excluding hydrogens is 304 g/mol. The van der Waals surface area contributed by atoms with Crippen LogP contribution in [0, 0.1) is 32.1 Å². The number of benzene rings is 1. The van der Waals surface area contributed by atoms with Gasteiger partial charge < -0.3 is 9.15 Å². The van der Waals surface area contributed by atoms with Crippen LogP contribution in [-0.4, -0.2) is 10.5 Å². The molecule has 0 saturated heterocycles. The maximum absolute atomic E-state index is 12.6. The lowest BCUT2D eigenvalue weighted by atomic mass is 10.1. The number of ether oxygens (including phenoxy) is 1. The first-order valence-corrected chi connectivity index (χ1v) is 7.47. The van der Waals surface area contributed by atoms with E-state index in [0.29, 0.717) is 17.4 Å². The van der Waals surface area contributed by atoms with Gasteiger partial charge in [0.05, 0.1) is 0 Å². The lowest BCUT2D eigenvalue weighted by Crippen LogP contribution is -2.11. The van der Waals surface area contributed by atoms with Crippen LogP contribution in [0.25, 0.3) is 5.88 Å². The predicted molar refractivity (Wildman–Crippen MR) is 88.4 cm³/mol. The smallest absolute Gasteiger partial charge is 0.348 e. The summed E-state index contributed by atoms with van der Waals surface area (Å²) in [6.45, 7) is 5.57. The Bertz CT molecular complexity index is 944. The van der Waals surface area contributed by atoms with Crippen molar-refractivity contribution in [3.05, 3.63) is 70.7 Å². The van der Waals surface area contributed by atoms with Crippen molar-refractivity contribution < 1.29 is 13.9 Å². The van der Waals surface area contributed by atoms with Gasteiger partial charge in [0.25, 0.3) is 0 Å². The first-order valence-electron chi connectivity index (χ1n) is 7.47. The van der Waals surface area contributed by atoms with Crippen LogP contribution in [0.15, 0.2) is 47.1 Å². The molecule has 2 aromatic heterocycles. The van der Waals surface area contributed by atoms with Crippen LogP contribution in [0.3, 0.4) is 0 Å². The molecule has 1 aromatic carbocycles. The molecule has 0 unspecified atom stereocenters. The van der Waals surface area contributed by atoms with Gasteiger partial charge in [0.2, 0.25) is 5.88 Å². The molecule has 0 aliphatic heterocycles. The second-order valence-corrected chi connectivity index (χ2v) is 5.55. The van der Waals surface area contributed by atoms with Gasteiger partial charge in [-0.2, -0.15) is 5.26 Å². The zero-order chi connectivity index (χ0) is 17.3. The molecule has 2 heterocycles. The lowest BCUT2D eigenvalue weighted by molar-refractivity contribution is 0.0732. The molecule has 3 rings (SSSR count). The molecule has 5 heteroatoms. The van der Waals surface area contributed by atoms with Crippen LogP contribution >= 0.6 is 0 Å². The number of aromatic nitrogens is 1. The third-order valence-electron chi connectivity index (χ3n) is 3.91. The van der Waals surface area contributed by atoms with Gasteiger partial charge in [-0.3, -0.25) is 4.57 Å². The van der Waals surface area contributed by atoms with E-state index in [1.807, 2.05) is 38.1 Å². The van der Waals surface area contributed by atoms with Crippen LogP contribution in [0.5, 0.6) is 5.75 Å². The van der Waals surface area contributed by atoms with Crippen molar-refractivity contribution in [3.63, 3.8) is 0 Å². The molecule has 120 valence electrons. The summed E-state index contributed by atoms with van der Waals surface area (Å²) in [5, 5.41) is 9.48. The number of carbonyl (C=O) groups is 1. The molecule has 0 bridgehead atoms. The Kier molecular flexibility index (Phi) is 3.97. The molecule has 0 aliphatic rings. The highest BCUT2D eigenvalue weighted by atomic mass is 16.5. The molecular formula is C19H16N2O3. The van der Waals surface area contributed by atoms with Crippen LogP contribution in [0.2, 0.25) is 0 Å². The van der Waals surface area contributed by atoms with Crippen molar-refractivity contribution in [2.24, 2.45) is 0 Å². The molecule has 0 radical (unpaired) electrons. The number of nitrogens with zero attached hydrogens (tertiary/aromatic N) is 2. The zero-order valence-electron chi connectivity index (χ0n) is 13.7. The minimum atomic E-state index is -0.602. The van der Waals surface area contributed by atoms with E-state index in [1.165, 1.54) is 0 Å². The molecule has 0 spiro atoms. The number of rotatable bonds is 3. The summed E-state index contributed by atoms with van der Waals surface area (Å²) in [5.74, 6) is 0.501. The number of aryl methyl sites for hydroxylation is 3. The molecule has 0 saturated carbocycles. The van der Waals surface area contributed by atoms with Gasteiger partial charge in [-0.25, -0.2) is 4.79 Å².